The Labute approximate surface area is 103 Å². The number of aliphatic hydroxyl groups is 1. The predicted octanol–water partition coefficient (Wildman–Crippen LogP) is 3.28. The monoisotopic (exact) mass is 234 g/mol. The summed E-state index contributed by atoms with van der Waals surface area (Å²) in [5, 5.41) is 10.3. The fourth-order valence-electron chi connectivity index (χ4n) is 4.33. The minimum atomic E-state index is -0.169. The summed E-state index contributed by atoms with van der Waals surface area (Å²) < 4.78 is 5.78. The van der Waals surface area contributed by atoms with Gasteiger partial charge in [-0.3, -0.25) is 0 Å². The Hall–Kier alpha value is -0.760. The van der Waals surface area contributed by atoms with Crippen LogP contribution in [0.15, 0.2) is 16.7 Å². The predicted molar refractivity (Wildman–Crippen MR) is 66.9 cm³/mol. The number of hydrogen-bond donors (Lipinski definition) is 1. The van der Waals surface area contributed by atoms with Gasteiger partial charge in [0.2, 0.25) is 0 Å². The Morgan fingerprint density at radius 1 is 1.29 bits per heavy atom. The van der Waals surface area contributed by atoms with Gasteiger partial charge in [-0.1, -0.05) is 20.8 Å². The van der Waals surface area contributed by atoms with Crippen LogP contribution in [-0.2, 0) is 11.8 Å². The van der Waals surface area contributed by atoms with Gasteiger partial charge in [-0.2, -0.15) is 0 Å². The van der Waals surface area contributed by atoms with Crippen molar-refractivity contribution < 1.29 is 9.52 Å². The van der Waals surface area contributed by atoms with Crippen molar-refractivity contribution in [1.82, 2.24) is 0 Å². The number of rotatable bonds is 0. The molecule has 0 spiro atoms. The fraction of sp³-hybridized carbons (Fsp3) is 0.733. The molecule has 2 nitrogen and oxygen atoms in total. The summed E-state index contributed by atoms with van der Waals surface area (Å²) in [7, 11) is 0. The molecule has 1 saturated carbocycles. The maximum Gasteiger partial charge on any atom is 0.113 e. The van der Waals surface area contributed by atoms with Crippen LogP contribution in [0.3, 0.4) is 0 Å². The van der Waals surface area contributed by atoms with Crippen LogP contribution in [-0.4, -0.2) is 11.2 Å². The third-order valence-corrected chi connectivity index (χ3v) is 5.43. The molecule has 0 bridgehead atoms. The Bertz CT molecular complexity index is 432. The molecule has 17 heavy (non-hydrogen) atoms. The van der Waals surface area contributed by atoms with E-state index in [4.69, 9.17) is 4.42 Å². The van der Waals surface area contributed by atoms with Crippen molar-refractivity contribution in [3.63, 3.8) is 0 Å². The highest BCUT2D eigenvalue weighted by Gasteiger charge is 2.54. The zero-order valence-corrected chi connectivity index (χ0v) is 11.0. The quantitative estimate of drug-likeness (QED) is 0.747. The summed E-state index contributed by atoms with van der Waals surface area (Å²) >= 11 is 0. The molecule has 3 atom stereocenters. The Kier molecular flexibility index (Phi) is 2.25. The summed E-state index contributed by atoms with van der Waals surface area (Å²) in [5.74, 6) is 1.71. The van der Waals surface area contributed by atoms with Gasteiger partial charge in [0.1, 0.15) is 5.76 Å². The molecule has 3 rings (SSSR count). The highest BCUT2D eigenvalue weighted by molar-refractivity contribution is 5.31. The first-order valence-electron chi connectivity index (χ1n) is 6.71. The Morgan fingerprint density at radius 3 is 2.82 bits per heavy atom. The van der Waals surface area contributed by atoms with E-state index in [1.54, 1.807) is 0 Å². The summed E-state index contributed by atoms with van der Waals surface area (Å²) in [6.45, 7) is 6.76. The van der Waals surface area contributed by atoms with Crippen LogP contribution in [0.5, 0.6) is 0 Å². The largest absolute Gasteiger partial charge is 0.468 e. The van der Waals surface area contributed by atoms with Crippen LogP contribution in [0.25, 0.3) is 0 Å². The standard InChI is InChI=1S/C15H22O2/c1-14(2)11-5-4-10-7-9-17-13(10)15(11,3)8-6-12(14)16/h7,9,11-12,16H,4-6,8H2,1-3H3/t11-,12-,15-/m0/s1. The molecule has 1 aromatic heterocycles. The van der Waals surface area contributed by atoms with E-state index >= 15 is 0 Å². The molecule has 2 heteroatoms. The van der Waals surface area contributed by atoms with Gasteiger partial charge in [-0.15, -0.1) is 0 Å². The number of fused-ring (bicyclic) bond motifs is 3. The molecular formula is C15H22O2. The molecule has 0 aromatic carbocycles. The second-order valence-corrected chi connectivity index (χ2v) is 6.66. The maximum absolute atomic E-state index is 10.3. The fourth-order valence-corrected chi connectivity index (χ4v) is 4.33. The maximum atomic E-state index is 10.3. The summed E-state index contributed by atoms with van der Waals surface area (Å²) in [6, 6.07) is 2.12. The van der Waals surface area contributed by atoms with Crippen LogP contribution in [0, 0.1) is 11.3 Å². The number of aryl methyl sites for hydroxylation is 1. The molecule has 2 aliphatic carbocycles. The average molecular weight is 234 g/mol. The van der Waals surface area contributed by atoms with E-state index in [-0.39, 0.29) is 16.9 Å². The van der Waals surface area contributed by atoms with Crippen molar-refractivity contribution in [2.24, 2.45) is 11.3 Å². The summed E-state index contributed by atoms with van der Waals surface area (Å²) in [5.41, 5.74) is 1.51. The summed E-state index contributed by atoms with van der Waals surface area (Å²) in [4.78, 5) is 0. The lowest BCUT2D eigenvalue weighted by Crippen LogP contribution is -2.53. The first-order valence-corrected chi connectivity index (χ1v) is 6.71. The van der Waals surface area contributed by atoms with Crippen molar-refractivity contribution in [1.29, 1.82) is 0 Å². The first kappa shape index (κ1) is 11.3. The third-order valence-electron chi connectivity index (χ3n) is 5.43. The molecule has 1 fully saturated rings. The van der Waals surface area contributed by atoms with Gasteiger partial charge in [-0.25, -0.2) is 0 Å². The normalized spacial score (nSPS) is 39.5. The number of hydrogen-bond acceptors (Lipinski definition) is 2. The van der Waals surface area contributed by atoms with E-state index < -0.39 is 0 Å². The van der Waals surface area contributed by atoms with Crippen LogP contribution in [0.2, 0.25) is 0 Å². The van der Waals surface area contributed by atoms with Gasteiger partial charge < -0.3 is 9.52 Å². The van der Waals surface area contributed by atoms with E-state index in [9.17, 15) is 5.11 Å². The molecule has 0 amide bonds. The molecule has 2 aliphatic rings. The van der Waals surface area contributed by atoms with Gasteiger partial charge in [0.05, 0.1) is 12.4 Å². The van der Waals surface area contributed by atoms with Crippen LogP contribution < -0.4 is 0 Å². The van der Waals surface area contributed by atoms with Gasteiger partial charge in [0.15, 0.2) is 0 Å². The SMILES string of the molecule is CC1(C)[C@@H](O)CC[C@]2(C)c3occc3CC[C@@H]12. The van der Waals surface area contributed by atoms with Crippen molar-refractivity contribution in [2.45, 2.75) is 58.0 Å². The Balaban J connectivity index is 2.09. The van der Waals surface area contributed by atoms with Crippen LogP contribution >= 0.6 is 0 Å². The molecule has 0 unspecified atom stereocenters. The van der Waals surface area contributed by atoms with Gasteiger partial charge in [-0.05, 0) is 48.6 Å². The lowest BCUT2D eigenvalue weighted by Gasteiger charge is -2.54. The van der Waals surface area contributed by atoms with E-state index in [1.807, 2.05) is 6.26 Å². The highest BCUT2D eigenvalue weighted by atomic mass is 16.3. The third kappa shape index (κ3) is 1.36. The molecule has 0 radical (unpaired) electrons. The second kappa shape index (κ2) is 3.38. The van der Waals surface area contributed by atoms with Crippen molar-refractivity contribution in [3.8, 4) is 0 Å². The minimum absolute atomic E-state index is 0.00250. The van der Waals surface area contributed by atoms with E-state index in [2.05, 4.69) is 26.8 Å². The van der Waals surface area contributed by atoms with Crippen molar-refractivity contribution in [2.75, 3.05) is 0 Å². The van der Waals surface area contributed by atoms with Gasteiger partial charge in [0.25, 0.3) is 0 Å². The van der Waals surface area contributed by atoms with E-state index in [1.165, 1.54) is 17.7 Å². The highest BCUT2D eigenvalue weighted by Crippen LogP contribution is 2.57. The zero-order valence-electron chi connectivity index (χ0n) is 11.0. The summed E-state index contributed by atoms with van der Waals surface area (Å²) in [6.07, 6.45) is 5.87. The molecule has 1 aromatic rings. The number of aliphatic hydroxyl groups excluding tert-OH is 1. The lowest BCUT2D eigenvalue weighted by atomic mass is 9.51. The van der Waals surface area contributed by atoms with Crippen molar-refractivity contribution in [3.05, 3.63) is 23.7 Å². The van der Waals surface area contributed by atoms with E-state index in [0.717, 1.165) is 19.3 Å². The molecule has 1 heterocycles. The van der Waals surface area contributed by atoms with Crippen molar-refractivity contribution >= 4 is 0 Å². The van der Waals surface area contributed by atoms with Gasteiger partial charge >= 0.3 is 0 Å². The van der Waals surface area contributed by atoms with E-state index in [0.29, 0.717) is 5.92 Å². The number of furan rings is 1. The first-order chi connectivity index (χ1) is 7.96. The lowest BCUT2D eigenvalue weighted by molar-refractivity contribution is -0.0785. The van der Waals surface area contributed by atoms with Crippen LogP contribution in [0.1, 0.15) is 51.4 Å². The molecule has 1 N–H and O–H groups in total. The minimum Gasteiger partial charge on any atom is -0.468 e. The van der Waals surface area contributed by atoms with Crippen LogP contribution in [0.4, 0.5) is 0 Å². The molecule has 94 valence electrons. The van der Waals surface area contributed by atoms with Gasteiger partial charge in [0, 0.05) is 5.41 Å². The smallest absolute Gasteiger partial charge is 0.113 e. The average Bonchev–Trinajstić information content (AvgIpc) is 2.74. The Morgan fingerprint density at radius 2 is 2.06 bits per heavy atom. The molecular weight excluding hydrogens is 212 g/mol. The molecule has 0 aliphatic heterocycles. The second-order valence-electron chi connectivity index (χ2n) is 6.66. The topological polar surface area (TPSA) is 33.4 Å². The molecule has 0 saturated heterocycles. The zero-order chi connectivity index (χ0) is 12.3.